The Bertz CT molecular complexity index is 615. The van der Waals surface area contributed by atoms with Crippen molar-refractivity contribution in [3.63, 3.8) is 0 Å². The lowest BCUT2D eigenvalue weighted by Gasteiger charge is -2.33. The molecule has 2 rings (SSSR count). The van der Waals surface area contributed by atoms with Gasteiger partial charge in [0, 0.05) is 31.6 Å². The van der Waals surface area contributed by atoms with Gasteiger partial charge in [0.25, 0.3) is 5.91 Å². The number of hydrogen-bond donors (Lipinski definition) is 1. The van der Waals surface area contributed by atoms with E-state index in [-0.39, 0.29) is 23.7 Å². The zero-order valence-electron chi connectivity index (χ0n) is 15.5. The van der Waals surface area contributed by atoms with Gasteiger partial charge in [-0.3, -0.25) is 9.59 Å². The average molecular weight is 348 g/mol. The van der Waals surface area contributed by atoms with E-state index >= 15 is 0 Å². The summed E-state index contributed by atoms with van der Waals surface area (Å²) >= 11 is 0. The molecule has 0 saturated carbocycles. The summed E-state index contributed by atoms with van der Waals surface area (Å²) in [6, 6.07) is 5.22. The van der Waals surface area contributed by atoms with Gasteiger partial charge in [-0.1, -0.05) is 13.8 Å². The van der Waals surface area contributed by atoms with Crippen LogP contribution in [0.2, 0.25) is 0 Å². The number of likely N-dealkylation sites (tertiary alicyclic amines) is 1. The normalized spacial score (nSPS) is 17.3. The van der Waals surface area contributed by atoms with Gasteiger partial charge < -0.3 is 19.7 Å². The number of methoxy groups -OCH3 is 2. The number of nitrogens with zero attached hydrogens (tertiary/aromatic N) is 1. The van der Waals surface area contributed by atoms with Gasteiger partial charge in [0.1, 0.15) is 11.5 Å². The number of nitrogens with one attached hydrogen (secondary N) is 1. The Morgan fingerprint density at radius 1 is 1.28 bits per heavy atom. The molecule has 0 unspecified atom stereocenters. The molecule has 1 aliphatic rings. The first kappa shape index (κ1) is 19.1. The minimum absolute atomic E-state index is 0.0233. The number of hydrogen-bond acceptors (Lipinski definition) is 4. The highest BCUT2D eigenvalue weighted by Crippen LogP contribution is 2.27. The van der Waals surface area contributed by atoms with Crippen LogP contribution in [0, 0.1) is 11.8 Å². The van der Waals surface area contributed by atoms with E-state index in [4.69, 9.17) is 9.47 Å². The van der Waals surface area contributed by atoms with Crippen LogP contribution in [0.15, 0.2) is 18.2 Å². The summed E-state index contributed by atoms with van der Waals surface area (Å²) in [5.74, 6) is 1.44. The number of rotatable bonds is 6. The van der Waals surface area contributed by atoms with Crippen LogP contribution in [-0.2, 0) is 4.79 Å². The fraction of sp³-hybridized carbons (Fsp3) is 0.579. The predicted molar refractivity (Wildman–Crippen MR) is 96.0 cm³/mol. The molecule has 6 nitrogen and oxygen atoms in total. The van der Waals surface area contributed by atoms with Crippen molar-refractivity contribution in [2.75, 3.05) is 33.9 Å². The maximum Gasteiger partial charge on any atom is 0.257 e. The van der Waals surface area contributed by atoms with E-state index in [1.54, 1.807) is 32.4 Å². The van der Waals surface area contributed by atoms with Gasteiger partial charge in [-0.15, -0.1) is 0 Å². The second-order valence-corrected chi connectivity index (χ2v) is 6.73. The van der Waals surface area contributed by atoms with Crippen LogP contribution in [0.1, 0.15) is 37.0 Å². The van der Waals surface area contributed by atoms with E-state index in [9.17, 15) is 9.59 Å². The van der Waals surface area contributed by atoms with Crippen LogP contribution >= 0.6 is 0 Å². The van der Waals surface area contributed by atoms with Crippen molar-refractivity contribution in [2.24, 2.45) is 11.8 Å². The van der Waals surface area contributed by atoms with Crippen LogP contribution in [0.25, 0.3) is 0 Å². The maximum absolute atomic E-state index is 12.9. The molecule has 1 atom stereocenters. The van der Waals surface area contributed by atoms with Crippen molar-refractivity contribution < 1.29 is 19.1 Å². The Morgan fingerprint density at radius 3 is 2.68 bits per heavy atom. The maximum atomic E-state index is 12.9. The summed E-state index contributed by atoms with van der Waals surface area (Å²) in [6.07, 6.45) is 1.95. The summed E-state index contributed by atoms with van der Waals surface area (Å²) in [5, 5.41) is 2.97. The number of amides is 2. The molecular weight excluding hydrogens is 320 g/mol. The van der Waals surface area contributed by atoms with Crippen molar-refractivity contribution >= 4 is 11.8 Å². The Morgan fingerprint density at radius 2 is 2.04 bits per heavy atom. The van der Waals surface area contributed by atoms with Crippen LogP contribution in [0.4, 0.5) is 0 Å². The molecule has 2 amide bonds. The molecular formula is C19H28N2O4. The molecule has 0 radical (unpaired) electrons. The van der Waals surface area contributed by atoms with Crippen LogP contribution < -0.4 is 14.8 Å². The minimum atomic E-state index is -0.0422. The summed E-state index contributed by atoms with van der Waals surface area (Å²) in [5.41, 5.74) is 0.537. The highest BCUT2D eigenvalue weighted by molar-refractivity contribution is 5.97. The first-order valence-corrected chi connectivity index (χ1v) is 8.75. The van der Waals surface area contributed by atoms with E-state index in [0.717, 1.165) is 19.4 Å². The van der Waals surface area contributed by atoms with Crippen molar-refractivity contribution in [3.8, 4) is 11.5 Å². The number of benzene rings is 1. The molecule has 0 aliphatic carbocycles. The predicted octanol–water partition coefficient (Wildman–Crippen LogP) is 2.33. The van der Waals surface area contributed by atoms with Gasteiger partial charge in [0.15, 0.2) is 0 Å². The molecule has 1 N–H and O–H groups in total. The van der Waals surface area contributed by atoms with Gasteiger partial charge in [0.2, 0.25) is 5.91 Å². The van der Waals surface area contributed by atoms with Gasteiger partial charge >= 0.3 is 0 Å². The standard InChI is InChI=1S/C19H28N2O4/c1-13(2)18(22)20-11-14-6-5-9-21(12-14)19(23)16-8-7-15(24-3)10-17(16)25-4/h7-8,10,13-14H,5-6,9,11-12H2,1-4H3,(H,20,22)/t14-/m0/s1. The molecule has 1 aliphatic heterocycles. The van der Waals surface area contributed by atoms with Crippen LogP contribution in [0.5, 0.6) is 11.5 Å². The molecule has 1 aromatic carbocycles. The monoisotopic (exact) mass is 348 g/mol. The lowest BCUT2D eigenvalue weighted by atomic mass is 9.97. The van der Waals surface area contributed by atoms with Gasteiger partial charge in [-0.05, 0) is 30.9 Å². The Labute approximate surface area is 149 Å². The molecule has 0 aromatic heterocycles. The van der Waals surface area contributed by atoms with Crippen molar-refractivity contribution in [1.82, 2.24) is 10.2 Å². The SMILES string of the molecule is COc1ccc(C(=O)N2CCC[C@@H](CNC(=O)C(C)C)C2)c(OC)c1. The van der Waals surface area contributed by atoms with Gasteiger partial charge in [-0.25, -0.2) is 0 Å². The van der Waals surface area contributed by atoms with Crippen molar-refractivity contribution in [3.05, 3.63) is 23.8 Å². The number of piperidine rings is 1. The lowest BCUT2D eigenvalue weighted by Crippen LogP contribution is -2.44. The molecule has 1 aromatic rings. The zero-order chi connectivity index (χ0) is 18.4. The minimum Gasteiger partial charge on any atom is -0.497 e. The molecule has 0 spiro atoms. The smallest absolute Gasteiger partial charge is 0.257 e. The van der Waals surface area contributed by atoms with E-state index < -0.39 is 0 Å². The average Bonchev–Trinajstić information content (AvgIpc) is 2.64. The molecule has 6 heteroatoms. The fourth-order valence-electron chi connectivity index (χ4n) is 3.01. The first-order valence-electron chi connectivity index (χ1n) is 8.75. The third-order valence-electron chi connectivity index (χ3n) is 4.53. The van der Waals surface area contributed by atoms with Gasteiger partial charge in [-0.2, -0.15) is 0 Å². The van der Waals surface area contributed by atoms with Crippen molar-refractivity contribution in [2.45, 2.75) is 26.7 Å². The summed E-state index contributed by atoms with van der Waals surface area (Å²) in [4.78, 5) is 26.5. The highest BCUT2D eigenvalue weighted by Gasteiger charge is 2.26. The third-order valence-corrected chi connectivity index (χ3v) is 4.53. The number of ether oxygens (including phenoxy) is 2. The molecule has 0 bridgehead atoms. The first-order chi connectivity index (χ1) is 12.0. The van der Waals surface area contributed by atoms with Crippen LogP contribution in [0.3, 0.4) is 0 Å². The van der Waals surface area contributed by atoms with Crippen LogP contribution in [-0.4, -0.2) is 50.6 Å². The Kier molecular flexibility index (Phi) is 6.67. The molecule has 138 valence electrons. The summed E-state index contributed by atoms with van der Waals surface area (Å²) < 4.78 is 10.5. The zero-order valence-corrected chi connectivity index (χ0v) is 15.5. The van der Waals surface area contributed by atoms with Crippen molar-refractivity contribution in [1.29, 1.82) is 0 Å². The van der Waals surface area contributed by atoms with E-state index in [2.05, 4.69) is 5.32 Å². The second kappa shape index (κ2) is 8.74. The number of carbonyl (C=O) groups is 2. The fourth-order valence-corrected chi connectivity index (χ4v) is 3.01. The molecule has 25 heavy (non-hydrogen) atoms. The molecule has 1 fully saturated rings. The second-order valence-electron chi connectivity index (χ2n) is 6.73. The molecule has 1 saturated heterocycles. The summed E-state index contributed by atoms with van der Waals surface area (Å²) in [6.45, 7) is 5.74. The Balaban J connectivity index is 2.03. The topological polar surface area (TPSA) is 67.9 Å². The highest BCUT2D eigenvalue weighted by atomic mass is 16.5. The Hall–Kier alpha value is -2.24. The largest absolute Gasteiger partial charge is 0.497 e. The number of carbonyl (C=O) groups excluding carboxylic acids is 2. The van der Waals surface area contributed by atoms with Gasteiger partial charge in [0.05, 0.1) is 19.8 Å². The van der Waals surface area contributed by atoms with E-state index in [1.165, 1.54) is 0 Å². The third kappa shape index (κ3) is 4.87. The molecule has 1 heterocycles. The summed E-state index contributed by atoms with van der Waals surface area (Å²) in [7, 11) is 3.13. The van der Waals surface area contributed by atoms with E-state index in [1.807, 2.05) is 18.7 Å². The lowest BCUT2D eigenvalue weighted by molar-refractivity contribution is -0.124. The van der Waals surface area contributed by atoms with E-state index in [0.29, 0.717) is 30.2 Å². The quantitative estimate of drug-likeness (QED) is 0.857.